The zero-order valence-corrected chi connectivity index (χ0v) is 36.3. The van der Waals surface area contributed by atoms with E-state index in [9.17, 15) is 29.4 Å². The fourth-order valence-corrected chi connectivity index (χ4v) is 9.17. The molecule has 2 bridgehead atoms. The molecule has 336 valence electrons. The molecule has 5 aromatic carbocycles. The summed E-state index contributed by atoms with van der Waals surface area (Å²) in [4.78, 5) is 54.1. The molecule has 2 amide bonds. The number of fused-ring (bicyclic) bond motifs is 4. The molecule has 3 atom stereocenters. The Morgan fingerprint density at radius 2 is 1.51 bits per heavy atom. The van der Waals surface area contributed by atoms with Crippen molar-refractivity contribution in [3.05, 3.63) is 177 Å². The van der Waals surface area contributed by atoms with Gasteiger partial charge in [-0.3, -0.25) is 14.4 Å². The molecule has 3 saturated heterocycles. The number of rotatable bonds is 19. The number of quaternary nitrogens is 1. The lowest BCUT2D eigenvalue weighted by Gasteiger charge is -2.51. The second-order valence-corrected chi connectivity index (χ2v) is 17.2. The van der Waals surface area contributed by atoms with Gasteiger partial charge in [0.1, 0.15) is 31.2 Å². The van der Waals surface area contributed by atoms with Crippen molar-refractivity contribution in [1.29, 1.82) is 0 Å². The monoisotopic (exact) mass is 878 g/mol. The molecule has 3 aliphatic heterocycles. The van der Waals surface area contributed by atoms with Gasteiger partial charge in [0, 0.05) is 54.4 Å². The van der Waals surface area contributed by atoms with Gasteiger partial charge in [0.05, 0.1) is 30.8 Å². The van der Waals surface area contributed by atoms with E-state index in [1.54, 1.807) is 24.3 Å². The minimum atomic E-state index is -0.837. The van der Waals surface area contributed by atoms with Crippen molar-refractivity contribution >= 4 is 28.7 Å². The van der Waals surface area contributed by atoms with E-state index in [-0.39, 0.29) is 48.2 Å². The van der Waals surface area contributed by atoms with Gasteiger partial charge >= 0.3 is 6.09 Å². The number of hydrogen-bond acceptors (Lipinski definition) is 9. The third-order valence-corrected chi connectivity index (χ3v) is 12.8. The predicted molar refractivity (Wildman–Crippen MR) is 248 cm³/mol. The quantitative estimate of drug-likeness (QED) is 0.0285. The number of hydrogen-bond donors (Lipinski definition) is 6. The van der Waals surface area contributed by atoms with Gasteiger partial charge in [-0.15, -0.1) is 0 Å². The Balaban J connectivity index is 0.790. The third-order valence-electron chi connectivity index (χ3n) is 12.8. The Morgan fingerprint density at radius 3 is 2.28 bits per heavy atom. The molecule has 0 saturated carbocycles. The highest BCUT2D eigenvalue weighted by Crippen LogP contribution is 2.36. The number of ketones is 1. The molecule has 4 heterocycles. The summed E-state index contributed by atoms with van der Waals surface area (Å²) < 4.78 is 13.0. The fourth-order valence-electron chi connectivity index (χ4n) is 9.17. The van der Waals surface area contributed by atoms with Crippen molar-refractivity contribution in [3.8, 4) is 11.5 Å². The number of phenols is 1. The second kappa shape index (κ2) is 20.8. The Kier molecular flexibility index (Phi) is 14.3. The highest BCUT2D eigenvalue weighted by Gasteiger charge is 2.48. The van der Waals surface area contributed by atoms with Crippen molar-refractivity contribution in [3.63, 3.8) is 0 Å². The van der Waals surface area contributed by atoms with Crippen LogP contribution in [0.4, 0.5) is 4.79 Å². The molecule has 65 heavy (non-hydrogen) atoms. The van der Waals surface area contributed by atoms with E-state index in [2.05, 4.69) is 20.9 Å². The number of amides is 2. The van der Waals surface area contributed by atoms with Crippen LogP contribution < -0.4 is 26.2 Å². The highest BCUT2D eigenvalue weighted by molar-refractivity contribution is 5.97. The summed E-state index contributed by atoms with van der Waals surface area (Å²) in [5.41, 5.74) is 4.44. The summed E-state index contributed by atoms with van der Waals surface area (Å²) in [6.45, 7) is 4.55. The SMILES string of the molecule is O=C(NC(c1ccccc1)c1cccc(OCc2ccc(C(=O)NCCCCNCC(O)c3ccc(O)c4[nH]c(=O)ccc34)cc2)c1)O[C@H]1C[N+]2(CC(=O)c3ccccc3)CCC1CC2. The maximum atomic E-state index is 13.7. The van der Waals surface area contributed by atoms with Crippen molar-refractivity contribution in [2.75, 3.05) is 45.8 Å². The Hall–Kier alpha value is -6.80. The average molecular weight is 879 g/mol. The van der Waals surface area contributed by atoms with Gasteiger partial charge in [-0.1, -0.05) is 91.0 Å². The number of aromatic nitrogens is 1. The number of carbonyl (C=O) groups is 3. The van der Waals surface area contributed by atoms with Crippen LogP contribution >= 0.6 is 0 Å². The molecule has 6 N–H and O–H groups in total. The van der Waals surface area contributed by atoms with E-state index < -0.39 is 18.2 Å². The van der Waals surface area contributed by atoms with Gasteiger partial charge < -0.3 is 45.1 Å². The van der Waals surface area contributed by atoms with Gasteiger partial charge in [0.15, 0.2) is 6.10 Å². The lowest BCUT2D eigenvalue weighted by molar-refractivity contribution is -0.938. The summed E-state index contributed by atoms with van der Waals surface area (Å²) in [6, 6.07) is 39.7. The molecule has 9 rings (SSSR count). The zero-order valence-electron chi connectivity index (χ0n) is 36.3. The van der Waals surface area contributed by atoms with Crippen molar-refractivity contribution in [2.45, 2.75) is 50.5 Å². The van der Waals surface area contributed by atoms with Crippen LogP contribution in [-0.2, 0) is 11.3 Å². The molecule has 1 aromatic heterocycles. The van der Waals surface area contributed by atoms with Gasteiger partial charge in [-0.2, -0.15) is 0 Å². The number of H-pyrrole nitrogens is 1. The topological polar surface area (TPSA) is 179 Å². The number of nitrogens with zero attached hydrogens (tertiary/aromatic N) is 1. The smallest absolute Gasteiger partial charge is 0.408 e. The van der Waals surface area contributed by atoms with E-state index >= 15 is 0 Å². The molecule has 0 spiro atoms. The number of carbonyl (C=O) groups excluding carboxylic acids is 3. The molecule has 3 aliphatic rings. The molecule has 13 nitrogen and oxygen atoms in total. The lowest BCUT2D eigenvalue weighted by Crippen LogP contribution is -2.66. The van der Waals surface area contributed by atoms with Crippen LogP contribution in [0.1, 0.15) is 80.8 Å². The molecule has 0 aliphatic carbocycles. The van der Waals surface area contributed by atoms with Gasteiger partial charge in [0.2, 0.25) is 11.3 Å². The average Bonchev–Trinajstić information content (AvgIpc) is 3.33. The minimum absolute atomic E-state index is 0.0532. The van der Waals surface area contributed by atoms with Crippen molar-refractivity contribution in [2.24, 2.45) is 5.92 Å². The number of nitrogens with one attached hydrogen (secondary N) is 4. The number of piperidine rings is 3. The van der Waals surface area contributed by atoms with Crippen LogP contribution in [0.15, 0.2) is 138 Å². The van der Waals surface area contributed by atoms with Crippen LogP contribution in [0.2, 0.25) is 0 Å². The summed E-state index contributed by atoms with van der Waals surface area (Å²) in [7, 11) is 0. The van der Waals surface area contributed by atoms with Crippen LogP contribution in [0, 0.1) is 5.92 Å². The van der Waals surface area contributed by atoms with Crippen molar-refractivity contribution < 1.29 is 38.6 Å². The molecule has 0 radical (unpaired) electrons. The fraction of sp³-hybridized carbons (Fsp3) is 0.308. The Morgan fingerprint density at radius 1 is 0.785 bits per heavy atom. The van der Waals surface area contributed by atoms with E-state index in [1.165, 1.54) is 12.1 Å². The summed E-state index contributed by atoms with van der Waals surface area (Å²) in [5, 5.41) is 30.8. The van der Waals surface area contributed by atoms with Crippen LogP contribution in [0.3, 0.4) is 0 Å². The maximum absolute atomic E-state index is 13.7. The second-order valence-electron chi connectivity index (χ2n) is 17.2. The van der Waals surface area contributed by atoms with E-state index in [1.807, 2.05) is 97.1 Å². The minimum Gasteiger partial charge on any atom is -0.506 e. The van der Waals surface area contributed by atoms with Crippen LogP contribution in [0.5, 0.6) is 11.5 Å². The predicted octanol–water partition coefficient (Wildman–Crippen LogP) is 6.95. The number of pyridine rings is 1. The number of unbranched alkanes of at least 4 members (excludes halogenated alkanes) is 1. The third kappa shape index (κ3) is 11.3. The summed E-state index contributed by atoms with van der Waals surface area (Å²) >= 11 is 0. The number of Topliss-reactive ketones (excluding diaryl/α,β-unsaturated/α-hetero) is 1. The first-order valence-electron chi connectivity index (χ1n) is 22.4. The number of aromatic amines is 1. The van der Waals surface area contributed by atoms with Crippen LogP contribution in [0.25, 0.3) is 10.9 Å². The van der Waals surface area contributed by atoms with E-state index in [0.29, 0.717) is 64.0 Å². The number of aliphatic hydroxyl groups excluding tert-OH is 1. The number of benzene rings is 5. The number of ether oxygens (including phenoxy) is 2. The Labute approximate surface area is 378 Å². The molecule has 6 aromatic rings. The van der Waals surface area contributed by atoms with Gasteiger partial charge in [-0.25, -0.2) is 4.79 Å². The first-order valence-corrected chi connectivity index (χ1v) is 22.4. The molecule has 13 heteroatoms. The van der Waals surface area contributed by atoms with E-state index in [4.69, 9.17) is 9.47 Å². The van der Waals surface area contributed by atoms with E-state index in [0.717, 1.165) is 55.5 Å². The molecular weight excluding hydrogens is 823 g/mol. The molecular formula is C52H56N5O8+. The number of aromatic hydroxyl groups is 1. The normalized spacial score (nSPS) is 18.7. The van der Waals surface area contributed by atoms with Gasteiger partial charge in [0.25, 0.3) is 5.91 Å². The van der Waals surface area contributed by atoms with Crippen molar-refractivity contribution in [1.82, 2.24) is 20.9 Å². The first kappa shape index (κ1) is 44.8. The lowest BCUT2D eigenvalue weighted by atomic mass is 9.83. The maximum Gasteiger partial charge on any atom is 0.408 e. The van der Waals surface area contributed by atoms with Crippen LogP contribution in [-0.4, -0.2) is 89.4 Å². The summed E-state index contributed by atoms with van der Waals surface area (Å²) in [6.07, 6.45) is 1.75. The van der Waals surface area contributed by atoms with Gasteiger partial charge in [-0.05, 0) is 78.0 Å². The largest absolute Gasteiger partial charge is 0.506 e. The molecule has 2 unspecified atom stereocenters. The Bertz CT molecular complexity index is 2630. The molecule has 3 fully saturated rings. The number of aliphatic hydroxyl groups is 1. The standard InChI is InChI=1S/C52H55N5O8/c58-44-22-20-42(43-21-23-48(61)55-50(43)44)45(59)31-53-26-7-8-27-54-51(62)39-18-16-35(17-19-39)34-64-41-15-9-14-40(30-41)49(38-12-5-2-6-13-38)56-52(63)65-47-33-57(28-24-37(47)25-29-57)32-46(60)36-10-3-1-4-11-36/h1-6,9-23,30,37,45,47,49,53,59H,7-8,24-29,31-34H2,(H3-,54,55,56,58,61,62,63)/p+1/t37?,45?,47-,49?,57?/m0/s1. The summed E-state index contributed by atoms with van der Waals surface area (Å²) in [5.74, 6) is 0.796. The number of phenolic OH excluding ortho intramolecular Hbond substituents is 1. The first-order chi connectivity index (χ1) is 31.6. The number of alkyl carbamates (subject to hydrolysis) is 1. The highest BCUT2D eigenvalue weighted by atomic mass is 16.6. The zero-order chi connectivity index (χ0) is 45.2.